The van der Waals surface area contributed by atoms with E-state index in [1.807, 2.05) is 6.92 Å². The summed E-state index contributed by atoms with van der Waals surface area (Å²) in [5.74, 6) is -1.28. The Morgan fingerprint density at radius 2 is 1.63 bits per heavy atom. The molecule has 0 fully saturated rings. The summed E-state index contributed by atoms with van der Waals surface area (Å²) in [7, 11) is -3.80. The van der Waals surface area contributed by atoms with E-state index in [9.17, 15) is 18.0 Å². The summed E-state index contributed by atoms with van der Waals surface area (Å²) in [5.41, 5.74) is 1.67. The minimum absolute atomic E-state index is 0.0475. The lowest BCUT2D eigenvalue weighted by atomic mass is 10.2. The molecule has 0 aromatic heterocycles. The molecule has 7 nitrogen and oxygen atoms in total. The van der Waals surface area contributed by atoms with Gasteiger partial charge in [0, 0.05) is 5.02 Å². The molecule has 0 atom stereocenters. The normalized spacial score (nSPS) is 11.0. The van der Waals surface area contributed by atoms with Crippen LogP contribution >= 0.6 is 11.6 Å². The van der Waals surface area contributed by atoms with Gasteiger partial charge in [0.05, 0.1) is 11.4 Å². The van der Waals surface area contributed by atoms with Crippen molar-refractivity contribution in [3.8, 4) is 0 Å². The molecule has 0 radical (unpaired) electrons. The van der Waals surface area contributed by atoms with Crippen molar-refractivity contribution in [1.29, 1.82) is 0 Å². The maximum Gasteiger partial charge on any atom is 0.325 e. The second-order valence-electron chi connectivity index (χ2n) is 5.70. The molecule has 0 heterocycles. The topological polar surface area (TPSA) is 102 Å². The second kappa shape index (κ2) is 9.50. The number of nitrogens with one attached hydrogen (secondary N) is 2. The van der Waals surface area contributed by atoms with Crippen LogP contribution < -0.4 is 10.0 Å². The van der Waals surface area contributed by atoms with Gasteiger partial charge in [0.15, 0.2) is 0 Å². The van der Waals surface area contributed by atoms with E-state index in [0.717, 1.165) is 11.1 Å². The van der Waals surface area contributed by atoms with E-state index in [4.69, 9.17) is 16.3 Å². The van der Waals surface area contributed by atoms with Crippen LogP contribution in [0.25, 0.3) is 0 Å². The van der Waals surface area contributed by atoms with Crippen molar-refractivity contribution in [2.45, 2.75) is 18.4 Å². The van der Waals surface area contributed by atoms with Crippen molar-refractivity contribution in [2.75, 3.05) is 13.1 Å². The number of carbonyl (C=O) groups excluding carboxylic acids is 2. The molecule has 2 aromatic carbocycles. The highest BCUT2D eigenvalue weighted by Gasteiger charge is 2.15. The van der Waals surface area contributed by atoms with E-state index < -0.39 is 28.4 Å². The Kier molecular flexibility index (Phi) is 7.35. The number of aryl methyl sites for hydroxylation is 1. The fourth-order valence-corrected chi connectivity index (χ4v) is 3.10. The van der Waals surface area contributed by atoms with Crippen LogP contribution in [0.2, 0.25) is 5.02 Å². The highest BCUT2D eigenvalue weighted by atomic mass is 35.5. The van der Waals surface area contributed by atoms with E-state index in [2.05, 4.69) is 10.0 Å². The first kappa shape index (κ1) is 20.9. The summed E-state index contributed by atoms with van der Waals surface area (Å²) in [6, 6.07) is 13.0. The Balaban J connectivity index is 1.72. The Morgan fingerprint density at radius 1 is 1.00 bits per heavy atom. The molecule has 0 aliphatic carbocycles. The molecule has 0 unspecified atom stereocenters. The van der Waals surface area contributed by atoms with Gasteiger partial charge in [-0.1, -0.05) is 41.4 Å². The quantitative estimate of drug-likeness (QED) is 0.646. The number of carbonyl (C=O) groups is 2. The van der Waals surface area contributed by atoms with Gasteiger partial charge in [0.2, 0.25) is 15.9 Å². The van der Waals surface area contributed by atoms with Gasteiger partial charge in [0.1, 0.15) is 13.2 Å². The van der Waals surface area contributed by atoms with Gasteiger partial charge in [-0.25, -0.2) is 13.1 Å². The van der Waals surface area contributed by atoms with Crippen LogP contribution in [-0.4, -0.2) is 33.4 Å². The molecule has 0 saturated carbocycles. The fourth-order valence-electron chi connectivity index (χ4n) is 1.99. The zero-order chi connectivity index (χ0) is 19.9. The summed E-state index contributed by atoms with van der Waals surface area (Å²) >= 11 is 5.76. The molecule has 0 saturated heterocycles. The number of benzene rings is 2. The van der Waals surface area contributed by atoms with Gasteiger partial charge >= 0.3 is 5.97 Å². The average molecular weight is 411 g/mol. The van der Waals surface area contributed by atoms with E-state index in [1.54, 1.807) is 36.4 Å². The molecular weight excluding hydrogens is 392 g/mol. The molecule has 1 amide bonds. The van der Waals surface area contributed by atoms with Crippen molar-refractivity contribution in [2.24, 2.45) is 0 Å². The molecule has 2 N–H and O–H groups in total. The lowest BCUT2D eigenvalue weighted by molar-refractivity contribution is -0.145. The third-order valence-electron chi connectivity index (χ3n) is 3.50. The molecule has 9 heteroatoms. The van der Waals surface area contributed by atoms with Crippen LogP contribution in [0.4, 0.5) is 0 Å². The summed E-state index contributed by atoms with van der Waals surface area (Å²) in [6.45, 7) is 1.04. The number of rotatable bonds is 8. The van der Waals surface area contributed by atoms with Gasteiger partial charge in [-0.2, -0.15) is 0 Å². The summed E-state index contributed by atoms with van der Waals surface area (Å²) in [5, 5.41) is 2.87. The zero-order valence-electron chi connectivity index (χ0n) is 14.6. The van der Waals surface area contributed by atoms with Gasteiger partial charge in [-0.05, 0) is 36.8 Å². The van der Waals surface area contributed by atoms with Crippen molar-refractivity contribution in [3.05, 3.63) is 64.7 Å². The Bertz CT molecular complexity index is 896. The highest BCUT2D eigenvalue weighted by molar-refractivity contribution is 7.89. The van der Waals surface area contributed by atoms with Crippen LogP contribution in [0.15, 0.2) is 53.4 Å². The number of hydrogen-bond acceptors (Lipinski definition) is 5. The first-order chi connectivity index (χ1) is 12.8. The van der Waals surface area contributed by atoms with Crippen molar-refractivity contribution in [1.82, 2.24) is 10.0 Å². The smallest absolute Gasteiger partial charge is 0.325 e. The maximum atomic E-state index is 12.1. The van der Waals surface area contributed by atoms with Crippen LogP contribution in [-0.2, 0) is 31.0 Å². The second-order valence-corrected chi connectivity index (χ2v) is 7.90. The minimum atomic E-state index is -3.80. The molecular formula is C18H19ClN2O5S. The van der Waals surface area contributed by atoms with E-state index in [0.29, 0.717) is 5.02 Å². The van der Waals surface area contributed by atoms with Crippen LogP contribution in [0.1, 0.15) is 11.1 Å². The Hall–Kier alpha value is -2.42. The SMILES string of the molecule is Cc1ccc(S(=O)(=O)NCC(=O)NCC(=O)OCc2ccc(Cl)cc2)cc1. The van der Waals surface area contributed by atoms with Crippen molar-refractivity contribution < 1.29 is 22.7 Å². The van der Waals surface area contributed by atoms with E-state index in [-0.39, 0.29) is 18.0 Å². The van der Waals surface area contributed by atoms with E-state index >= 15 is 0 Å². The summed E-state index contributed by atoms with van der Waals surface area (Å²) in [6.07, 6.45) is 0. The monoisotopic (exact) mass is 410 g/mol. The largest absolute Gasteiger partial charge is 0.460 e. The number of sulfonamides is 1. The molecule has 0 aliphatic rings. The number of esters is 1. The molecule has 144 valence electrons. The van der Waals surface area contributed by atoms with Gasteiger partial charge in [-0.3, -0.25) is 9.59 Å². The van der Waals surface area contributed by atoms with Crippen LogP contribution in [0.3, 0.4) is 0 Å². The van der Waals surface area contributed by atoms with Gasteiger partial charge in [-0.15, -0.1) is 0 Å². The molecule has 0 aliphatic heterocycles. The number of hydrogen-bond donors (Lipinski definition) is 2. The third-order valence-corrected chi connectivity index (χ3v) is 5.17. The van der Waals surface area contributed by atoms with Crippen LogP contribution in [0.5, 0.6) is 0 Å². The number of ether oxygens (including phenoxy) is 1. The standard InChI is InChI=1S/C18H19ClN2O5S/c1-13-2-8-16(9-3-13)27(24,25)21-10-17(22)20-11-18(23)26-12-14-4-6-15(19)7-5-14/h2-9,21H,10-12H2,1H3,(H,20,22). The summed E-state index contributed by atoms with van der Waals surface area (Å²) in [4.78, 5) is 23.4. The van der Waals surface area contributed by atoms with Gasteiger partial charge < -0.3 is 10.1 Å². The third kappa shape index (κ3) is 7.01. The number of amides is 1. The van der Waals surface area contributed by atoms with Crippen molar-refractivity contribution in [3.63, 3.8) is 0 Å². The predicted octanol–water partition coefficient (Wildman–Crippen LogP) is 1.79. The highest BCUT2D eigenvalue weighted by Crippen LogP contribution is 2.10. The number of halogens is 1. The first-order valence-electron chi connectivity index (χ1n) is 7.99. The Morgan fingerprint density at radius 3 is 2.26 bits per heavy atom. The molecule has 0 bridgehead atoms. The minimum Gasteiger partial charge on any atom is -0.460 e. The molecule has 2 rings (SSSR count). The van der Waals surface area contributed by atoms with Crippen LogP contribution in [0, 0.1) is 6.92 Å². The summed E-state index contributed by atoms with van der Waals surface area (Å²) < 4.78 is 31.3. The molecule has 2 aromatic rings. The predicted molar refractivity (Wildman–Crippen MR) is 101 cm³/mol. The average Bonchev–Trinajstić information content (AvgIpc) is 2.64. The first-order valence-corrected chi connectivity index (χ1v) is 9.85. The van der Waals surface area contributed by atoms with Gasteiger partial charge in [0.25, 0.3) is 0 Å². The lowest BCUT2D eigenvalue weighted by Crippen LogP contribution is -2.39. The zero-order valence-corrected chi connectivity index (χ0v) is 16.1. The maximum absolute atomic E-state index is 12.1. The Labute approximate surface area is 162 Å². The molecule has 0 spiro atoms. The molecule has 27 heavy (non-hydrogen) atoms. The lowest BCUT2D eigenvalue weighted by Gasteiger charge is -2.08. The van der Waals surface area contributed by atoms with Crippen molar-refractivity contribution >= 4 is 33.5 Å². The fraction of sp³-hybridized carbons (Fsp3) is 0.222. The van der Waals surface area contributed by atoms with E-state index in [1.165, 1.54) is 12.1 Å².